The van der Waals surface area contributed by atoms with E-state index >= 15 is 0 Å². The molecule has 0 saturated heterocycles. The molecule has 0 unspecified atom stereocenters. The van der Waals surface area contributed by atoms with Gasteiger partial charge in [0.05, 0.1) is 18.4 Å². The lowest BCUT2D eigenvalue weighted by atomic mass is 10.00. The average Bonchev–Trinajstić information content (AvgIpc) is 3.14. The predicted octanol–water partition coefficient (Wildman–Crippen LogP) is 2.05. The van der Waals surface area contributed by atoms with Crippen molar-refractivity contribution in [1.29, 1.82) is 0 Å². The number of carbonyl (C=O) groups excluding carboxylic acids is 1. The highest BCUT2D eigenvalue weighted by Crippen LogP contribution is 2.20. The summed E-state index contributed by atoms with van der Waals surface area (Å²) in [4.78, 5) is 14.6. The topological polar surface area (TPSA) is 56.0 Å². The van der Waals surface area contributed by atoms with Crippen molar-refractivity contribution in [2.24, 2.45) is 7.05 Å². The van der Waals surface area contributed by atoms with Gasteiger partial charge in [0.2, 0.25) is 5.91 Å². The molecule has 0 spiro atoms. The maximum atomic E-state index is 12.6. The first-order valence-electron chi connectivity index (χ1n) is 8.33. The summed E-state index contributed by atoms with van der Waals surface area (Å²) in [6.07, 6.45) is 3.22. The molecule has 3 aromatic rings. The quantitative estimate of drug-likeness (QED) is 0.741. The van der Waals surface area contributed by atoms with Crippen LogP contribution in [0, 0.1) is 6.92 Å². The lowest BCUT2D eigenvalue weighted by Gasteiger charge is -2.29. The van der Waals surface area contributed by atoms with E-state index in [0.29, 0.717) is 13.0 Å². The first kappa shape index (κ1) is 14.9. The van der Waals surface area contributed by atoms with Gasteiger partial charge in [0.1, 0.15) is 11.0 Å². The van der Waals surface area contributed by atoms with E-state index in [0.717, 1.165) is 36.2 Å². The predicted molar refractivity (Wildman–Crippen MR) is 91.4 cm³/mol. The Kier molecular flexibility index (Phi) is 3.59. The van der Waals surface area contributed by atoms with E-state index in [1.165, 1.54) is 11.1 Å². The highest BCUT2D eigenvalue weighted by Gasteiger charge is 2.20. The largest absolute Gasteiger partial charge is 0.338 e. The van der Waals surface area contributed by atoms with Gasteiger partial charge in [0.25, 0.3) is 0 Å². The fourth-order valence-corrected chi connectivity index (χ4v) is 3.55. The molecule has 0 saturated carbocycles. The van der Waals surface area contributed by atoms with Crippen LogP contribution >= 0.6 is 0 Å². The molecule has 124 valence electrons. The van der Waals surface area contributed by atoms with E-state index in [9.17, 15) is 4.79 Å². The molecule has 1 aliphatic heterocycles. The van der Waals surface area contributed by atoms with Crippen molar-refractivity contribution in [3.63, 3.8) is 0 Å². The molecule has 0 bridgehead atoms. The van der Waals surface area contributed by atoms with E-state index in [4.69, 9.17) is 0 Å². The number of fused-ring (bicyclic) bond motifs is 2. The highest BCUT2D eigenvalue weighted by molar-refractivity contribution is 5.79. The van der Waals surface area contributed by atoms with Crippen molar-refractivity contribution in [2.45, 2.75) is 32.9 Å². The van der Waals surface area contributed by atoms with E-state index in [1.54, 1.807) is 0 Å². The summed E-state index contributed by atoms with van der Waals surface area (Å²) < 4.78 is 3.73. The summed E-state index contributed by atoms with van der Waals surface area (Å²) >= 11 is 0. The Bertz CT molecular complexity index is 907. The Morgan fingerprint density at radius 1 is 1.25 bits per heavy atom. The maximum absolute atomic E-state index is 12.6. The van der Waals surface area contributed by atoms with Gasteiger partial charge in [-0.25, -0.2) is 0 Å². The number of hydrogen-bond acceptors (Lipinski definition) is 3. The van der Waals surface area contributed by atoms with Crippen LogP contribution < -0.4 is 0 Å². The summed E-state index contributed by atoms with van der Waals surface area (Å²) in [5.74, 6) is 0.190. The zero-order chi connectivity index (χ0) is 16.7. The smallest absolute Gasteiger partial charge is 0.224 e. The second-order valence-electron chi connectivity index (χ2n) is 6.39. The van der Waals surface area contributed by atoms with Crippen molar-refractivity contribution in [3.05, 3.63) is 47.3 Å². The normalized spacial score (nSPS) is 14.2. The minimum atomic E-state index is 0.190. The van der Waals surface area contributed by atoms with Crippen LogP contribution in [0.5, 0.6) is 0 Å². The second-order valence-corrected chi connectivity index (χ2v) is 6.39. The molecule has 4 rings (SSSR count). The van der Waals surface area contributed by atoms with E-state index in [2.05, 4.69) is 28.4 Å². The van der Waals surface area contributed by atoms with E-state index < -0.39 is 0 Å². The van der Waals surface area contributed by atoms with Crippen LogP contribution in [0.15, 0.2) is 30.5 Å². The monoisotopic (exact) mass is 323 g/mol. The van der Waals surface area contributed by atoms with Crippen LogP contribution in [0.3, 0.4) is 0 Å². The third kappa shape index (κ3) is 2.48. The summed E-state index contributed by atoms with van der Waals surface area (Å²) in [6.45, 7) is 4.09. The standard InChI is InChI=1S/C18H21N5O/c1-13-18-16(21(2)20-13)11-19-23(18)10-8-17(24)22-9-7-14-5-3-4-6-15(14)12-22/h3-6,11H,7-10,12H2,1-2H3. The number of hydrogen-bond donors (Lipinski definition) is 0. The van der Waals surface area contributed by atoms with Crippen molar-refractivity contribution in [2.75, 3.05) is 6.54 Å². The molecule has 1 aliphatic rings. The fraction of sp³-hybridized carbons (Fsp3) is 0.389. The number of carbonyl (C=O) groups is 1. The average molecular weight is 323 g/mol. The van der Waals surface area contributed by atoms with Crippen molar-refractivity contribution in [1.82, 2.24) is 24.5 Å². The first-order chi connectivity index (χ1) is 11.6. The van der Waals surface area contributed by atoms with Crippen molar-refractivity contribution in [3.8, 4) is 0 Å². The van der Waals surface area contributed by atoms with Gasteiger partial charge < -0.3 is 4.90 Å². The highest BCUT2D eigenvalue weighted by atomic mass is 16.2. The lowest BCUT2D eigenvalue weighted by Crippen LogP contribution is -2.36. The van der Waals surface area contributed by atoms with E-state index in [1.807, 2.05) is 40.5 Å². The number of rotatable bonds is 3. The number of nitrogens with zero attached hydrogens (tertiary/aromatic N) is 5. The molecular weight excluding hydrogens is 302 g/mol. The van der Waals surface area contributed by atoms with Gasteiger partial charge in [-0.2, -0.15) is 10.2 Å². The molecular formula is C18H21N5O. The zero-order valence-electron chi connectivity index (χ0n) is 14.1. The Labute approximate surface area is 140 Å². The molecule has 6 heteroatoms. The third-order valence-corrected chi connectivity index (χ3v) is 4.83. The minimum Gasteiger partial charge on any atom is -0.338 e. The Morgan fingerprint density at radius 2 is 2.04 bits per heavy atom. The molecule has 0 aliphatic carbocycles. The Hall–Kier alpha value is -2.63. The van der Waals surface area contributed by atoms with Crippen molar-refractivity contribution < 1.29 is 4.79 Å². The van der Waals surface area contributed by atoms with Gasteiger partial charge in [-0.3, -0.25) is 14.2 Å². The van der Waals surface area contributed by atoms with Crippen molar-refractivity contribution >= 4 is 16.9 Å². The number of amides is 1. The lowest BCUT2D eigenvalue weighted by molar-refractivity contribution is -0.132. The summed E-state index contributed by atoms with van der Waals surface area (Å²) in [7, 11) is 1.91. The Balaban J connectivity index is 1.45. The molecule has 1 amide bonds. The van der Waals surface area contributed by atoms with E-state index in [-0.39, 0.29) is 5.91 Å². The third-order valence-electron chi connectivity index (χ3n) is 4.83. The molecule has 6 nitrogen and oxygen atoms in total. The molecule has 0 radical (unpaired) electrons. The van der Waals surface area contributed by atoms with Crippen LogP contribution in [-0.2, 0) is 31.4 Å². The minimum absolute atomic E-state index is 0.190. The second kappa shape index (κ2) is 5.78. The number of benzene rings is 1. The van der Waals surface area contributed by atoms with Gasteiger partial charge in [0.15, 0.2) is 0 Å². The van der Waals surface area contributed by atoms with Gasteiger partial charge in [-0.05, 0) is 24.5 Å². The summed E-state index contributed by atoms with van der Waals surface area (Å²) in [5.41, 5.74) is 5.61. The molecule has 3 heterocycles. The van der Waals surface area contributed by atoms with Crippen LogP contribution in [0.2, 0.25) is 0 Å². The fourth-order valence-electron chi connectivity index (χ4n) is 3.55. The van der Waals surface area contributed by atoms with Crippen LogP contribution in [0.4, 0.5) is 0 Å². The molecule has 1 aromatic carbocycles. The number of aryl methyl sites for hydroxylation is 3. The van der Waals surface area contributed by atoms with Gasteiger partial charge in [-0.1, -0.05) is 24.3 Å². The zero-order valence-corrected chi connectivity index (χ0v) is 14.1. The summed E-state index contributed by atoms with van der Waals surface area (Å²) in [6, 6.07) is 8.38. The summed E-state index contributed by atoms with van der Waals surface area (Å²) in [5, 5.41) is 8.83. The molecule has 24 heavy (non-hydrogen) atoms. The first-order valence-corrected chi connectivity index (χ1v) is 8.33. The molecule has 0 fully saturated rings. The van der Waals surface area contributed by atoms with Crippen LogP contribution in [0.25, 0.3) is 11.0 Å². The Morgan fingerprint density at radius 3 is 2.88 bits per heavy atom. The van der Waals surface area contributed by atoms with Gasteiger partial charge in [0, 0.05) is 26.6 Å². The van der Waals surface area contributed by atoms with Gasteiger partial charge >= 0.3 is 0 Å². The SMILES string of the molecule is Cc1nn(C)c2cnn(CCC(=O)N3CCc4ccccc4C3)c12. The number of aromatic nitrogens is 4. The molecule has 2 aromatic heterocycles. The van der Waals surface area contributed by atoms with Gasteiger partial charge in [-0.15, -0.1) is 0 Å². The molecule has 0 N–H and O–H groups in total. The molecule has 0 atom stereocenters. The van der Waals surface area contributed by atoms with Crippen LogP contribution in [-0.4, -0.2) is 36.9 Å². The van der Waals surface area contributed by atoms with Crippen LogP contribution in [0.1, 0.15) is 23.2 Å². The maximum Gasteiger partial charge on any atom is 0.224 e.